The molecule has 0 saturated carbocycles. The van der Waals surface area contributed by atoms with E-state index in [4.69, 9.17) is 21.1 Å². The van der Waals surface area contributed by atoms with E-state index in [-0.39, 0.29) is 23.8 Å². The van der Waals surface area contributed by atoms with Crippen LogP contribution in [0, 0.1) is 0 Å². The second kappa shape index (κ2) is 9.99. The monoisotopic (exact) mass is 431 g/mol. The summed E-state index contributed by atoms with van der Waals surface area (Å²) >= 11 is 7.17. The number of ether oxygens (including phenoxy) is 2. The average Bonchev–Trinajstić information content (AvgIpc) is 2.71. The van der Waals surface area contributed by atoms with Crippen molar-refractivity contribution in [1.29, 1.82) is 0 Å². The first kappa shape index (κ1) is 20.8. The van der Waals surface area contributed by atoms with Crippen LogP contribution in [-0.2, 0) is 11.4 Å². The number of hydrogen-bond donors (Lipinski definition) is 2. The summed E-state index contributed by atoms with van der Waals surface area (Å²) in [5.74, 6) is 1.01. The predicted molar refractivity (Wildman–Crippen MR) is 113 cm³/mol. The van der Waals surface area contributed by atoms with E-state index in [2.05, 4.69) is 15.3 Å². The van der Waals surface area contributed by atoms with E-state index in [0.717, 1.165) is 11.8 Å². The van der Waals surface area contributed by atoms with Gasteiger partial charge in [-0.3, -0.25) is 9.59 Å². The number of hydrogen-bond acceptors (Lipinski definition) is 6. The summed E-state index contributed by atoms with van der Waals surface area (Å²) in [6, 6.07) is 15.6. The van der Waals surface area contributed by atoms with Crippen molar-refractivity contribution in [3.8, 4) is 11.5 Å². The van der Waals surface area contributed by atoms with Crippen LogP contribution in [0.1, 0.15) is 5.69 Å². The third-order valence-corrected chi connectivity index (χ3v) is 4.85. The number of carbonyl (C=O) groups excluding carboxylic acids is 1. The molecule has 1 amide bonds. The standard InChI is InChI=1S/C20H18ClN3O4S/c1-27-17-8-7-13(9-16(17)21)22-19(26)12-29-20-23-14(10-18(25)24-20)11-28-15-5-3-2-4-6-15/h2-10H,11-12H2,1H3,(H,22,26)(H,23,24,25). The first-order valence-corrected chi connectivity index (χ1v) is 9.94. The Morgan fingerprint density at radius 2 is 2.00 bits per heavy atom. The van der Waals surface area contributed by atoms with Crippen molar-refractivity contribution in [1.82, 2.24) is 9.97 Å². The van der Waals surface area contributed by atoms with Crippen LogP contribution < -0.4 is 20.3 Å². The molecular weight excluding hydrogens is 414 g/mol. The minimum absolute atomic E-state index is 0.0651. The highest BCUT2D eigenvalue weighted by atomic mass is 35.5. The number of H-pyrrole nitrogens is 1. The number of carbonyl (C=O) groups is 1. The normalized spacial score (nSPS) is 10.4. The summed E-state index contributed by atoms with van der Waals surface area (Å²) in [5, 5.41) is 3.47. The smallest absolute Gasteiger partial charge is 0.251 e. The average molecular weight is 432 g/mol. The van der Waals surface area contributed by atoms with Crippen LogP contribution in [-0.4, -0.2) is 28.7 Å². The summed E-state index contributed by atoms with van der Waals surface area (Å²) in [5.41, 5.74) is 0.715. The number of halogens is 1. The molecule has 1 heterocycles. The van der Waals surface area contributed by atoms with Gasteiger partial charge < -0.3 is 19.8 Å². The van der Waals surface area contributed by atoms with Crippen LogP contribution in [0.5, 0.6) is 11.5 Å². The topological polar surface area (TPSA) is 93.3 Å². The molecule has 0 saturated heterocycles. The van der Waals surface area contributed by atoms with Crippen LogP contribution in [0.2, 0.25) is 5.02 Å². The SMILES string of the molecule is COc1ccc(NC(=O)CSc2nc(COc3ccccc3)cc(=O)[nH]2)cc1Cl. The first-order chi connectivity index (χ1) is 14.0. The number of methoxy groups -OCH3 is 1. The third-order valence-electron chi connectivity index (χ3n) is 3.68. The van der Waals surface area contributed by atoms with Gasteiger partial charge in [-0.1, -0.05) is 41.6 Å². The first-order valence-electron chi connectivity index (χ1n) is 8.58. The molecule has 0 unspecified atom stereocenters. The Kier molecular flexibility index (Phi) is 7.15. The van der Waals surface area contributed by atoms with Crippen LogP contribution in [0.4, 0.5) is 5.69 Å². The zero-order valence-electron chi connectivity index (χ0n) is 15.5. The van der Waals surface area contributed by atoms with E-state index in [0.29, 0.717) is 33.1 Å². The second-order valence-corrected chi connectivity index (χ2v) is 7.20. The maximum Gasteiger partial charge on any atom is 0.251 e. The molecular formula is C20H18ClN3O4S. The van der Waals surface area contributed by atoms with E-state index in [1.807, 2.05) is 30.3 Å². The lowest BCUT2D eigenvalue weighted by atomic mass is 10.3. The lowest BCUT2D eigenvalue weighted by Crippen LogP contribution is -2.16. The molecule has 0 radical (unpaired) electrons. The zero-order valence-corrected chi connectivity index (χ0v) is 17.0. The number of amides is 1. The Morgan fingerprint density at radius 3 is 2.72 bits per heavy atom. The zero-order chi connectivity index (χ0) is 20.6. The van der Waals surface area contributed by atoms with E-state index >= 15 is 0 Å². The van der Waals surface area contributed by atoms with Gasteiger partial charge in [0, 0.05) is 11.8 Å². The Bertz CT molecular complexity index is 1040. The van der Waals surface area contributed by atoms with Gasteiger partial charge in [0.1, 0.15) is 18.1 Å². The van der Waals surface area contributed by atoms with Crippen molar-refractivity contribution in [3.05, 3.63) is 75.7 Å². The summed E-state index contributed by atoms with van der Waals surface area (Å²) in [4.78, 5) is 31.0. The van der Waals surface area contributed by atoms with Gasteiger partial charge in [-0.25, -0.2) is 4.98 Å². The highest BCUT2D eigenvalue weighted by molar-refractivity contribution is 7.99. The van der Waals surface area contributed by atoms with Crippen LogP contribution in [0.3, 0.4) is 0 Å². The number of benzene rings is 2. The number of aromatic nitrogens is 2. The fourth-order valence-corrected chi connectivity index (χ4v) is 3.33. The summed E-state index contributed by atoms with van der Waals surface area (Å²) in [6.45, 7) is 0.151. The molecule has 0 atom stereocenters. The maximum atomic E-state index is 12.2. The fourth-order valence-electron chi connectivity index (χ4n) is 2.37. The van der Waals surface area contributed by atoms with Gasteiger partial charge in [-0.05, 0) is 30.3 Å². The summed E-state index contributed by atoms with van der Waals surface area (Å²) in [7, 11) is 1.52. The van der Waals surface area contributed by atoms with E-state index in [1.165, 1.54) is 13.2 Å². The molecule has 0 spiro atoms. The lowest BCUT2D eigenvalue weighted by molar-refractivity contribution is -0.113. The molecule has 1 aromatic heterocycles. The molecule has 0 aliphatic rings. The second-order valence-electron chi connectivity index (χ2n) is 5.83. The number of thioether (sulfide) groups is 1. The molecule has 3 aromatic rings. The fraction of sp³-hybridized carbons (Fsp3) is 0.150. The molecule has 9 heteroatoms. The highest BCUT2D eigenvalue weighted by Gasteiger charge is 2.09. The van der Waals surface area contributed by atoms with Gasteiger partial charge in [0.25, 0.3) is 5.56 Å². The van der Waals surface area contributed by atoms with Crippen molar-refractivity contribution in [3.63, 3.8) is 0 Å². The van der Waals surface area contributed by atoms with Crippen LogP contribution in [0.25, 0.3) is 0 Å². The van der Waals surface area contributed by atoms with Crippen LogP contribution >= 0.6 is 23.4 Å². The Hall–Kier alpha value is -2.97. The minimum atomic E-state index is -0.309. The summed E-state index contributed by atoms with van der Waals surface area (Å²) in [6.07, 6.45) is 0. The summed E-state index contributed by atoms with van der Waals surface area (Å²) < 4.78 is 10.7. The molecule has 0 aliphatic heterocycles. The molecule has 7 nitrogen and oxygen atoms in total. The Labute approximate surface area is 176 Å². The van der Waals surface area contributed by atoms with Gasteiger partial charge in [-0.15, -0.1) is 0 Å². The predicted octanol–water partition coefficient (Wildman–Crippen LogP) is 3.74. The number of anilines is 1. The van der Waals surface area contributed by atoms with Crippen molar-refractivity contribution in [2.24, 2.45) is 0 Å². The molecule has 150 valence electrons. The number of nitrogens with one attached hydrogen (secondary N) is 2. The molecule has 0 bridgehead atoms. The highest BCUT2D eigenvalue weighted by Crippen LogP contribution is 2.27. The molecule has 3 rings (SSSR count). The van der Waals surface area contributed by atoms with Gasteiger partial charge in [0.15, 0.2) is 5.16 Å². The Morgan fingerprint density at radius 1 is 1.21 bits per heavy atom. The number of nitrogens with zero attached hydrogens (tertiary/aromatic N) is 1. The van der Waals surface area contributed by atoms with Gasteiger partial charge in [-0.2, -0.15) is 0 Å². The van der Waals surface area contributed by atoms with Crippen molar-refractivity contribution in [2.45, 2.75) is 11.8 Å². The number of aromatic amines is 1. The minimum Gasteiger partial charge on any atom is -0.495 e. The van der Waals surface area contributed by atoms with Crippen molar-refractivity contribution in [2.75, 3.05) is 18.2 Å². The van der Waals surface area contributed by atoms with Crippen LogP contribution in [0.15, 0.2) is 64.5 Å². The Balaban J connectivity index is 1.57. The molecule has 0 fully saturated rings. The quantitative estimate of drug-likeness (QED) is 0.417. The molecule has 29 heavy (non-hydrogen) atoms. The van der Waals surface area contributed by atoms with Gasteiger partial charge in [0.2, 0.25) is 5.91 Å². The molecule has 0 aliphatic carbocycles. The van der Waals surface area contributed by atoms with E-state index in [9.17, 15) is 9.59 Å². The van der Waals surface area contributed by atoms with E-state index < -0.39 is 0 Å². The third kappa shape index (κ3) is 6.27. The largest absolute Gasteiger partial charge is 0.495 e. The van der Waals surface area contributed by atoms with Crippen molar-refractivity contribution >= 4 is 35.0 Å². The van der Waals surface area contributed by atoms with Crippen molar-refractivity contribution < 1.29 is 14.3 Å². The van der Waals surface area contributed by atoms with E-state index in [1.54, 1.807) is 18.2 Å². The maximum absolute atomic E-state index is 12.2. The number of para-hydroxylation sites is 1. The van der Waals surface area contributed by atoms with Gasteiger partial charge >= 0.3 is 0 Å². The van der Waals surface area contributed by atoms with Gasteiger partial charge in [0.05, 0.1) is 23.6 Å². The lowest BCUT2D eigenvalue weighted by Gasteiger charge is -2.08. The molecule has 2 aromatic carbocycles. The molecule has 2 N–H and O–H groups in total. The number of rotatable bonds is 8.